The minimum atomic E-state index is 0.152. The van der Waals surface area contributed by atoms with Gasteiger partial charge in [0.2, 0.25) is 0 Å². The van der Waals surface area contributed by atoms with Crippen LogP contribution in [0.25, 0.3) is 0 Å². The zero-order valence-corrected chi connectivity index (χ0v) is 14.9. The fourth-order valence-electron chi connectivity index (χ4n) is 2.20. The molecule has 0 fully saturated rings. The Hall–Kier alpha value is -0.120. The van der Waals surface area contributed by atoms with Crippen molar-refractivity contribution in [1.29, 1.82) is 0 Å². The summed E-state index contributed by atoms with van der Waals surface area (Å²) in [5.74, 6) is 0. The van der Waals surface area contributed by atoms with Crippen molar-refractivity contribution >= 4 is 0 Å². The van der Waals surface area contributed by atoms with E-state index in [1.165, 1.54) is 51.4 Å². The lowest BCUT2D eigenvalue weighted by atomic mass is 10.1. The van der Waals surface area contributed by atoms with Gasteiger partial charge < -0.3 is 14.2 Å². The van der Waals surface area contributed by atoms with E-state index in [-0.39, 0.29) is 12.2 Å². The molecule has 3 heteroatoms. The zero-order valence-electron chi connectivity index (χ0n) is 14.9. The molecule has 0 aliphatic heterocycles. The van der Waals surface area contributed by atoms with E-state index in [1.54, 1.807) is 0 Å². The molecule has 0 N–H and O–H groups in total. The Kier molecular flexibility index (Phi) is 16.2. The molecule has 0 aromatic carbocycles. The first-order valence-electron chi connectivity index (χ1n) is 9.01. The second-order valence-electron chi connectivity index (χ2n) is 5.96. The normalized spacial score (nSPS) is 14.3. The number of rotatable bonds is 16. The van der Waals surface area contributed by atoms with Crippen LogP contribution in [0, 0.1) is 0 Å². The summed E-state index contributed by atoms with van der Waals surface area (Å²) < 4.78 is 16.8. The summed E-state index contributed by atoms with van der Waals surface area (Å²) in [7, 11) is 0. The molecule has 2 unspecified atom stereocenters. The lowest BCUT2D eigenvalue weighted by Gasteiger charge is -2.17. The Balaban J connectivity index is 3.24. The second-order valence-corrected chi connectivity index (χ2v) is 5.96. The number of unbranched alkanes of at least 4 members (excludes halogenated alkanes) is 7. The van der Waals surface area contributed by atoms with Crippen LogP contribution in [-0.2, 0) is 14.2 Å². The molecule has 0 aliphatic carbocycles. The van der Waals surface area contributed by atoms with Gasteiger partial charge in [0.15, 0.2) is 0 Å². The molecule has 2 atom stereocenters. The van der Waals surface area contributed by atoms with Crippen molar-refractivity contribution in [3.8, 4) is 0 Å². The average molecular weight is 302 g/mol. The largest absolute Gasteiger partial charge is 0.379 e. The van der Waals surface area contributed by atoms with Gasteiger partial charge in [0, 0.05) is 13.2 Å². The van der Waals surface area contributed by atoms with Crippen LogP contribution < -0.4 is 0 Å². The highest BCUT2D eigenvalue weighted by atomic mass is 16.6. The summed E-state index contributed by atoms with van der Waals surface area (Å²) >= 11 is 0. The van der Waals surface area contributed by atoms with Crippen molar-refractivity contribution in [3.05, 3.63) is 0 Å². The van der Waals surface area contributed by atoms with Crippen LogP contribution >= 0.6 is 0 Å². The minimum absolute atomic E-state index is 0.152. The summed E-state index contributed by atoms with van der Waals surface area (Å²) in [5.41, 5.74) is 0. The van der Waals surface area contributed by atoms with Gasteiger partial charge in [-0.05, 0) is 27.2 Å². The molecule has 0 saturated heterocycles. The van der Waals surface area contributed by atoms with Gasteiger partial charge in [-0.25, -0.2) is 0 Å². The van der Waals surface area contributed by atoms with Crippen molar-refractivity contribution in [2.45, 2.75) is 91.3 Å². The van der Waals surface area contributed by atoms with E-state index < -0.39 is 0 Å². The van der Waals surface area contributed by atoms with Crippen LogP contribution in [0.15, 0.2) is 0 Å². The fraction of sp³-hybridized carbons (Fsp3) is 1.00. The van der Waals surface area contributed by atoms with Crippen molar-refractivity contribution < 1.29 is 14.2 Å². The molecule has 0 aromatic heterocycles. The maximum atomic E-state index is 5.78. The first-order valence-corrected chi connectivity index (χ1v) is 9.01. The Morgan fingerprint density at radius 2 is 1.24 bits per heavy atom. The van der Waals surface area contributed by atoms with Crippen LogP contribution in [0.1, 0.15) is 79.1 Å². The third-order valence-corrected chi connectivity index (χ3v) is 3.57. The predicted octanol–water partition coefficient (Wildman–Crippen LogP) is 4.97. The molecule has 0 aliphatic rings. The molecule has 0 aromatic rings. The molecule has 0 rings (SSSR count). The number of hydrogen-bond donors (Lipinski definition) is 0. The van der Waals surface area contributed by atoms with Crippen LogP contribution in [0.3, 0.4) is 0 Å². The third-order valence-electron chi connectivity index (χ3n) is 3.57. The van der Waals surface area contributed by atoms with E-state index in [9.17, 15) is 0 Å². The van der Waals surface area contributed by atoms with Crippen molar-refractivity contribution in [1.82, 2.24) is 0 Å². The van der Waals surface area contributed by atoms with E-state index in [2.05, 4.69) is 13.8 Å². The van der Waals surface area contributed by atoms with Crippen molar-refractivity contribution in [2.24, 2.45) is 0 Å². The van der Waals surface area contributed by atoms with Gasteiger partial charge >= 0.3 is 0 Å². The first kappa shape index (κ1) is 20.9. The Labute approximate surface area is 132 Å². The second kappa shape index (κ2) is 16.3. The number of ether oxygens (including phenoxy) is 3. The van der Waals surface area contributed by atoms with Crippen LogP contribution in [-0.4, -0.2) is 38.6 Å². The lowest BCUT2D eigenvalue weighted by Crippen LogP contribution is -2.23. The first-order chi connectivity index (χ1) is 10.2. The molecular weight excluding hydrogens is 264 g/mol. The highest BCUT2D eigenvalue weighted by Gasteiger charge is 2.06. The molecule has 3 nitrogen and oxygen atoms in total. The topological polar surface area (TPSA) is 27.7 Å². The van der Waals surface area contributed by atoms with Crippen molar-refractivity contribution in [2.75, 3.05) is 26.4 Å². The molecule has 0 heterocycles. The highest BCUT2D eigenvalue weighted by Crippen LogP contribution is 2.08. The van der Waals surface area contributed by atoms with Gasteiger partial charge in [0.05, 0.1) is 25.4 Å². The molecule has 0 radical (unpaired) electrons. The van der Waals surface area contributed by atoms with E-state index in [0.717, 1.165) is 13.2 Å². The molecule has 0 amide bonds. The lowest BCUT2D eigenvalue weighted by molar-refractivity contribution is -0.0561. The third kappa shape index (κ3) is 16.1. The van der Waals surface area contributed by atoms with Crippen molar-refractivity contribution in [3.63, 3.8) is 0 Å². The summed E-state index contributed by atoms with van der Waals surface area (Å²) in [5, 5.41) is 0. The molecule has 0 spiro atoms. The van der Waals surface area contributed by atoms with E-state index in [1.807, 2.05) is 13.8 Å². The van der Waals surface area contributed by atoms with Crippen LogP contribution in [0.2, 0.25) is 0 Å². The summed E-state index contributed by atoms with van der Waals surface area (Å²) in [4.78, 5) is 0. The monoisotopic (exact) mass is 302 g/mol. The highest BCUT2D eigenvalue weighted by molar-refractivity contribution is 4.53. The average Bonchev–Trinajstić information content (AvgIpc) is 2.49. The molecule has 0 bridgehead atoms. The van der Waals surface area contributed by atoms with Gasteiger partial charge in [-0.3, -0.25) is 0 Å². The van der Waals surface area contributed by atoms with E-state index in [4.69, 9.17) is 14.2 Å². The van der Waals surface area contributed by atoms with Gasteiger partial charge in [0.1, 0.15) is 0 Å². The Morgan fingerprint density at radius 1 is 0.667 bits per heavy atom. The fourth-order valence-corrected chi connectivity index (χ4v) is 2.20. The van der Waals surface area contributed by atoms with Crippen LogP contribution in [0.5, 0.6) is 0 Å². The van der Waals surface area contributed by atoms with E-state index in [0.29, 0.717) is 13.2 Å². The molecule has 128 valence electrons. The maximum absolute atomic E-state index is 5.78. The molecule has 0 saturated carbocycles. The van der Waals surface area contributed by atoms with Gasteiger partial charge in [0.25, 0.3) is 0 Å². The summed E-state index contributed by atoms with van der Waals surface area (Å²) in [6.45, 7) is 11.3. The molecule has 21 heavy (non-hydrogen) atoms. The van der Waals surface area contributed by atoms with Gasteiger partial charge in [-0.15, -0.1) is 0 Å². The molecular formula is C18H38O3. The van der Waals surface area contributed by atoms with E-state index >= 15 is 0 Å². The standard InChI is InChI=1S/C18H38O3/c1-5-7-8-9-10-11-12-13-14-20-18(4)16-21-17(3)15-19-6-2/h17-18H,5-16H2,1-4H3. The van der Waals surface area contributed by atoms with Crippen LogP contribution in [0.4, 0.5) is 0 Å². The maximum Gasteiger partial charge on any atom is 0.0781 e. The summed E-state index contributed by atoms with van der Waals surface area (Å²) in [6.07, 6.45) is 11.1. The zero-order chi connectivity index (χ0) is 15.8. The smallest absolute Gasteiger partial charge is 0.0781 e. The Bertz CT molecular complexity index is 197. The van der Waals surface area contributed by atoms with Gasteiger partial charge in [-0.2, -0.15) is 0 Å². The SMILES string of the molecule is CCCCCCCCCCOC(C)COC(C)COCC. The predicted molar refractivity (Wildman–Crippen MR) is 89.9 cm³/mol. The summed E-state index contributed by atoms with van der Waals surface area (Å²) in [6, 6.07) is 0. The van der Waals surface area contributed by atoms with Gasteiger partial charge in [-0.1, -0.05) is 51.9 Å². The number of hydrogen-bond acceptors (Lipinski definition) is 3. The minimum Gasteiger partial charge on any atom is -0.379 e. The Morgan fingerprint density at radius 3 is 1.86 bits per heavy atom. The quantitative estimate of drug-likeness (QED) is 0.377.